The third-order valence-corrected chi connectivity index (χ3v) is 3.45. The summed E-state index contributed by atoms with van der Waals surface area (Å²) in [5, 5.41) is 3.70. The zero-order chi connectivity index (χ0) is 14.1. The average molecular weight is 269 g/mol. The molecule has 102 valence electrons. The maximum absolute atomic E-state index is 11.5. The summed E-state index contributed by atoms with van der Waals surface area (Å²) in [6.07, 6.45) is 0.800. The van der Waals surface area contributed by atoms with Crippen LogP contribution in [0.25, 0.3) is 10.9 Å². The molecule has 2 heterocycles. The molecular formula is C15H15N3O2. The first-order valence-corrected chi connectivity index (χ1v) is 6.55. The molecule has 1 amide bonds. The first-order chi connectivity index (χ1) is 9.67. The molecule has 1 aliphatic rings. The minimum atomic E-state index is -0.0424. The summed E-state index contributed by atoms with van der Waals surface area (Å²) >= 11 is 0. The van der Waals surface area contributed by atoms with Gasteiger partial charge in [0.15, 0.2) is 6.29 Å². The van der Waals surface area contributed by atoms with Crippen LogP contribution in [-0.2, 0) is 4.79 Å². The number of pyridine rings is 1. The molecule has 5 nitrogen and oxygen atoms in total. The van der Waals surface area contributed by atoms with E-state index in [9.17, 15) is 9.59 Å². The molecule has 20 heavy (non-hydrogen) atoms. The van der Waals surface area contributed by atoms with E-state index in [1.165, 1.54) is 0 Å². The van der Waals surface area contributed by atoms with Crippen molar-refractivity contribution in [1.82, 2.24) is 10.3 Å². The molecule has 0 radical (unpaired) electrons. The predicted octanol–water partition coefficient (Wildman–Crippen LogP) is 1.29. The van der Waals surface area contributed by atoms with E-state index in [4.69, 9.17) is 0 Å². The molecule has 0 spiro atoms. The number of carbonyl (C=O) groups is 2. The first kappa shape index (κ1) is 12.6. The fraction of sp³-hybridized carbons (Fsp3) is 0.267. The summed E-state index contributed by atoms with van der Waals surface area (Å²) in [5.74, 6) is 0.548. The van der Waals surface area contributed by atoms with Gasteiger partial charge in [0.1, 0.15) is 5.82 Å². The van der Waals surface area contributed by atoms with Crippen molar-refractivity contribution in [2.45, 2.75) is 6.92 Å². The van der Waals surface area contributed by atoms with Crippen LogP contribution in [0.2, 0.25) is 0 Å². The second-order valence-corrected chi connectivity index (χ2v) is 4.99. The number of nitrogens with zero attached hydrogens (tertiary/aromatic N) is 2. The van der Waals surface area contributed by atoms with Gasteiger partial charge in [-0.3, -0.25) is 9.59 Å². The maximum atomic E-state index is 11.5. The lowest BCUT2D eigenvalue weighted by Crippen LogP contribution is -2.48. The van der Waals surface area contributed by atoms with Gasteiger partial charge in [0.25, 0.3) is 0 Å². The molecule has 2 aromatic rings. The van der Waals surface area contributed by atoms with Crippen molar-refractivity contribution in [2.24, 2.45) is 0 Å². The molecule has 1 fully saturated rings. The van der Waals surface area contributed by atoms with Crippen molar-refractivity contribution in [2.75, 3.05) is 24.5 Å². The van der Waals surface area contributed by atoms with Gasteiger partial charge in [-0.1, -0.05) is 12.1 Å². The third kappa shape index (κ3) is 2.22. The Morgan fingerprint density at radius 1 is 1.35 bits per heavy atom. The number of aldehydes is 1. The summed E-state index contributed by atoms with van der Waals surface area (Å²) in [4.78, 5) is 29.2. The first-order valence-electron chi connectivity index (χ1n) is 6.55. The quantitative estimate of drug-likeness (QED) is 0.835. The summed E-state index contributed by atoms with van der Waals surface area (Å²) in [6.45, 7) is 3.48. The Kier molecular flexibility index (Phi) is 3.10. The molecular weight excluding hydrogens is 254 g/mol. The molecule has 0 atom stereocenters. The van der Waals surface area contributed by atoms with E-state index >= 15 is 0 Å². The van der Waals surface area contributed by atoms with E-state index in [1.807, 2.05) is 36.1 Å². The van der Waals surface area contributed by atoms with Gasteiger partial charge in [0, 0.05) is 18.5 Å². The van der Waals surface area contributed by atoms with Crippen LogP contribution < -0.4 is 10.2 Å². The van der Waals surface area contributed by atoms with Crippen molar-refractivity contribution in [1.29, 1.82) is 0 Å². The fourth-order valence-corrected chi connectivity index (χ4v) is 2.44. The second-order valence-electron chi connectivity index (χ2n) is 4.99. The number of carbonyl (C=O) groups excluding carboxylic acids is 2. The second kappa shape index (κ2) is 4.92. The molecule has 1 N–H and O–H groups in total. The zero-order valence-electron chi connectivity index (χ0n) is 11.2. The van der Waals surface area contributed by atoms with Gasteiger partial charge < -0.3 is 10.2 Å². The van der Waals surface area contributed by atoms with Crippen LogP contribution in [0.15, 0.2) is 24.3 Å². The van der Waals surface area contributed by atoms with Gasteiger partial charge in [0.05, 0.1) is 17.6 Å². The van der Waals surface area contributed by atoms with Crippen molar-refractivity contribution in [3.63, 3.8) is 0 Å². The van der Waals surface area contributed by atoms with Gasteiger partial charge in [-0.25, -0.2) is 4.98 Å². The SMILES string of the molecule is Cc1ccc2cc(C=O)c(N3CCNC(=O)C3)nc2c1. The van der Waals surface area contributed by atoms with Gasteiger partial charge in [-0.2, -0.15) is 0 Å². The monoisotopic (exact) mass is 269 g/mol. The fourth-order valence-electron chi connectivity index (χ4n) is 2.44. The Hall–Kier alpha value is -2.43. The smallest absolute Gasteiger partial charge is 0.239 e. The highest BCUT2D eigenvalue weighted by Crippen LogP contribution is 2.23. The normalized spacial score (nSPS) is 15.2. The lowest BCUT2D eigenvalue weighted by Gasteiger charge is -2.28. The largest absolute Gasteiger partial charge is 0.353 e. The highest BCUT2D eigenvalue weighted by Gasteiger charge is 2.20. The number of aryl methyl sites for hydroxylation is 1. The van der Waals surface area contributed by atoms with Gasteiger partial charge in [-0.15, -0.1) is 0 Å². The molecule has 0 unspecified atom stereocenters. The van der Waals surface area contributed by atoms with E-state index < -0.39 is 0 Å². The van der Waals surface area contributed by atoms with E-state index in [-0.39, 0.29) is 12.5 Å². The number of hydrogen-bond donors (Lipinski definition) is 1. The molecule has 1 aromatic carbocycles. The lowest BCUT2D eigenvalue weighted by atomic mass is 10.1. The molecule has 1 saturated heterocycles. The number of hydrogen-bond acceptors (Lipinski definition) is 4. The Morgan fingerprint density at radius 2 is 2.20 bits per heavy atom. The summed E-state index contributed by atoms with van der Waals surface area (Å²) in [5.41, 5.74) is 2.49. The Balaban J connectivity index is 2.12. The van der Waals surface area contributed by atoms with Crippen molar-refractivity contribution >= 4 is 28.9 Å². The van der Waals surface area contributed by atoms with Crippen molar-refractivity contribution < 1.29 is 9.59 Å². The number of aromatic nitrogens is 1. The molecule has 0 bridgehead atoms. The minimum Gasteiger partial charge on any atom is -0.353 e. The molecule has 0 saturated carbocycles. The van der Waals surface area contributed by atoms with Crippen LogP contribution in [-0.4, -0.2) is 36.8 Å². The number of amides is 1. The Labute approximate surface area is 116 Å². The topological polar surface area (TPSA) is 62.3 Å². The molecule has 3 rings (SSSR count). The summed E-state index contributed by atoms with van der Waals surface area (Å²) < 4.78 is 0. The number of piperazine rings is 1. The van der Waals surface area contributed by atoms with Crippen LogP contribution in [0.3, 0.4) is 0 Å². The molecule has 1 aromatic heterocycles. The predicted molar refractivity (Wildman–Crippen MR) is 77.1 cm³/mol. The van der Waals surface area contributed by atoms with Gasteiger partial charge in [0.2, 0.25) is 5.91 Å². The van der Waals surface area contributed by atoms with E-state index in [0.29, 0.717) is 24.5 Å². The minimum absolute atomic E-state index is 0.0424. The summed E-state index contributed by atoms with van der Waals surface area (Å²) in [7, 11) is 0. The van der Waals surface area contributed by atoms with Gasteiger partial charge in [-0.05, 0) is 24.6 Å². The molecule has 0 aliphatic carbocycles. The highest BCUT2D eigenvalue weighted by atomic mass is 16.2. The highest BCUT2D eigenvalue weighted by molar-refractivity contribution is 5.93. The molecule has 5 heteroatoms. The number of benzene rings is 1. The lowest BCUT2D eigenvalue weighted by molar-refractivity contribution is -0.120. The van der Waals surface area contributed by atoms with E-state index in [0.717, 1.165) is 22.8 Å². The van der Waals surface area contributed by atoms with Crippen LogP contribution in [0.4, 0.5) is 5.82 Å². The zero-order valence-corrected chi connectivity index (χ0v) is 11.2. The van der Waals surface area contributed by atoms with Crippen LogP contribution in [0.5, 0.6) is 0 Å². The van der Waals surface area contributed by atoms with E-state index in [1.54, 1.807) is 0 Å². The number of anilines is 1. The van der Waals surface area contributed by atoms with Crippen LogP contribution >= 0.6 is 0 Å². The standard InChI is InChI=1S/C15H15N3O2/c1-10-2-3-11-7-12(9-19)15(17-13(11)6-10)18-5-4-16-14(20)8-18/h2-3,6-7,9H,4-5,8H2,1H3,(H,16,20). The summed E-state index contributed by atoms with van der Waals surface area (Å²) in [6, 6.07) is 7.76. The maximum Gasteiger partial charge on any atom is 0.239 e. The third-order valence-electron chi connectivity index (χ3n) is 3.45. The van der Waals surface area contributed by atoms with E-state index in [2.05, 4.69) is 10.3 Å². The Morgan fingerprint density at radius 3 is 2.95 bits per heavy atom. The van der Waals surface area contributed by atoms with Crippen molar-refractivity contribution in [3.05, 3.63) is 35.4 Å². The number of fused-ring (bicyclic) bond motifs is 1. The molecule has 1 aliphatic heterocycles. The van der Waals surface area contributed by atoms with Crippen LogP contribution in [0.1, 0.15) is 15.9 Å². The number of nitrogens with one attached hydrogen (secondary N) is 1. The van der Waals surface area contributed by atoms with Crippen molar-refractivity contribution in [3.8, 4) is 0 Å². The van der Waals surface area contributed by atoms with Crippen LogP contribution in [0, 0.1) is 6.92 Å². The van der Waals surface area contributed by atoms with Gasteiger partial charge >= 0.3 is 0 Å². The average Bonchev–Trinajstić information content (AvgIpc) is 2.45. The Bertz CT molecular complexity index is 697. The number of rotatable bonds is 2.